The number of rotatable bonds is 3. The first-order valence-corrected chi connectivity index (χ1v) is 5.51. The van der Waals surface area contributed by atoms with Crippen molar-refractivity contribution in [3.05, 3.63) is 28.2 Å². The second-order valence-electron chi connectivity index (χ2n) is 4.06. The Morgan fingerprint density at radius 1 is 1.44 bits per heavy atom. The highest BCUT2D eigenvalue weighted by molar-refractivity contribution is 5.85. The molecule has 0 bridgehead atoms. The zero-order valence-corrected chi connectivity index (χ0v) is 9.62. The predicted octanol–water partition coefficient (Wildman–Crippen LogP) is 2.06. The molecule has 1 aromatic heterocycles. The summed E-state index contributed by atoms with van der Waals surface area (Å²) in [4.78, 5) is 11.4. The van der Waals surface area contributed by atoms with Crippen LogP contribution in [0.25, 0.3) is 11.1 Å². The molecule has 16 heavy (non-hydrogen) atoms. The van der Waals surface area contributed by atoms with E-state index in [0.717, 1.165) is 30.3 Å². The number of nitrogens with two attached hydrogens (primary N) is 1. The Balaban J connectivity index is 2.56. The zero-order chi connectivity index (χ0) is 11.7. The lowest BCUT2D eigenvalue weighted by Crippen LogP contribution is -2.08. The van der Waals surface area contributed by atoms with E-state index < -0.39 is 0 Å². The third-order valence-corrected chi connectivity index (χ3v) is 2.80. The molecule has 2 rings (SSSR count). The third-order valence-electron chi connectivity index (χ3n) is 2.80. The molecule has 1 heterocycles. The Hall–Kier alpha value is -1.71. The van der Waals surface area contributed by atoms with E-state index in [1.165, 1.54) is 4.57 Å². The van der Waals surface area contributed by atoms with Gasteiger partial charge in [-0.15, -0.1) is 0 Å². The molecular weight excluding hydrogens is 204 g/mol. The van der Waals surface area contributed by atoms with Gasteiger partial charge in [-0.1, -0.05) is 13.3 Å². The van der Waals surface area contributed by atoms with Crippen LogP contribution in [0.15, 0.2) is 21.3 Å². The van der Waals surface area contributed by atoms with Gasteiger partial charge >= 0.3 is 5.76 Å². The number of fused-ring (bicyclic) bond motifs is 1. The van der Waals surface area contributed by atoms with Crippen molar-refractivity contribution >= 4 is 16.8 Å². The Morgan fingerprint density at radius 2 is 2.19 bits per heavy atom. The van der Waals surface area contributed by atoms with Crippen molar-refractivity contribution < 1.29 is 4.42 Å². The summed E-state index contributed by atoms with van der Waals surface area (Å²) in [7, 11) is 1.69. The van der Waals surface area contributed by atoms with Crippen LogP contribution in [-0.2, 0) is 13.5 Å². The average molecular weight is 220 g/mol. The van der Waals surface area contributed by atoms with Gasteiger partial charge in [-0.2, -0.15) is 0 Å². The van der Waals surface area contributed by atoms with E-state index in [1.54, 1.807) is 7.05 Å². The second-order valence-corrected chi connectivity index (χ2v) is 4.06. The highest BCUT2D eigenvalue weighted by atomic mass is 16.4. The topological polar surface area (TPSA) is 61.2 Å². The molecule has 2 aromatic rings. The molecule has 0 spiro atoms. The van der Waals surface area contributed by atoms with Gasteiger partial charge in [0.2, 0.25) is 0 Å². The lowest BCUT2D eigenvalue weighted by molar-refractivity contribution is 0.529. The van der Waals surface area contributed by atoms with Crippen molar-refractivity contribution in [2.45, 2.75) is 26.2 Å². The van der Waals surface area contributed by atoms with Crippen LogP contribution in [0.2, 0.25) is 0 Å². The quantitative estimate of drug-likeness (QED) is 0.805. The Kier molecular flexibility index (Phi) is 2.73. The van der Waals surface area contributed by atoms with E-state index in [9.17, 15) is 4.79 Å². The molecule has 0 fully saturated rings. The number of benzene rings is 1. The highest BCUT2D eigenvalue weighted by Gasteiger charge is 2.10. The van der Waals surface area contributed by atoms with Crippen molar-refractivity contribution in [1.29, 1.82) is 0 Å². The molecule has 86 valence electrons. The number of oxazole rings is 1. The molecule has 0 radical (unpaired) electrons. The van der Waals surface area contributed by atoms with Crippen LogP contribution < -0.4 is 11.5 Å². The Labute approximate surface area is 93.7 Å². The highest BCUT2D eigenvalue weighted by Crippen LogP contribution is 2.22. The Bertz CT molecular complexity index is 566. The van der Waals surface area contributed by atoms with Crippen molar-refractivity contribution in [2.24, 2.45) is 7.05 Å². The second kappa shape index (κ2) is 4.04. The van der Waals surface area contributed by atoms with Crippen LogP contribution in [0.1, 0.15) is 25.3 Å². The van der Waals surface area contributed by atoms with Crippen LogP contribution >= 0.6 is 0 Å². The van der Waals surface area contributed by atoms with E-state index >= 15 is 0 Å². The van der Waals surface area contributed by atoms with Gasteiger partial charge in [-0.25, -0.2) is 4.79 Å². The number of unbranched alkanes of at least 4 members (excludes halogenated alkanes) is 1. The number of nitrogen functional groups attached to an aromatic ring is 1. The van der Waals surface area contributed by atoms with Crippen LogP contribution in [0.5, 0.6) is 0 Å². The fraction of sp³-hybridized carbons (Fsp3) is 0.417. The Morgan fingerprint density at radius 3 is 2.88 bits per heavy atom. The van der Waals surface area contributed by atoms with Gasteiger partial charge in [0, 0.05) is 7.05 Å². The van der Waals surface area contributed by atoms with Crippen LogP contribution in [-0.4, -0.2) is 4.57 Å². The fourth-order valence-electron chi connectivity index (χ4n) is 1.84. The van der Waals surface area contributed by atoms with Gasteiger partial charge in [0.25, 0.3) is 0 Å². The summed E-state index contributed by atoms with van der Waals surface area (Å²) < 4.78 is 6.56. The summed E-state index contributed by atoms with van der Waals surface area (Å²) in [6.45, 7) is 2.15. The maximum absolute atomic E-state index is 11.4. The zero-order valence-electron chi connectivity index (χ0n) is 9.62. The fourth-order valence-corrected chi connectivity index (χ4v) is 1.84. The standard InChI is InChI=1S/C12H16N2O2/c1-3-4-5-8-6-9(13)11-10(7-8)14(2)12(15)16-11/h6-7H,3-5,13H2,1-2H3. The molecule has 0 amide bonds. The molecule has 0 aliphatic rings. The molecule has 0 aliphatic heterocycles. The van der Waals surface area contributed by atoms with Crippen molar-refractivity contribution in [2.75, 3.05) is 5.73 Å². The van der Waals surface area contributed by atoms with Gasteiger partial charge < -0.3 is 10.2 Å². The molecule has 1 aromatic carbocycles. The number of aryl methyl sites for hydroxylation is 2. The summed E-state index contributed by atoms with van der Waals surface area (Å²) in [5, 5.41) is 0. The van der Waals surface area contributed by atoms with E-state index in [1.807, 2.05) is 12.1 Å². The van der Waals surface area contributed by atoms with Gasteiger partial charge in [-0.05, 0) is 30.5 Å². The monoisotopic (exact) mass is 220 g/mol. The normalized spacial score (nSPS) is 11.1. The third kappa shape index (κ3) is 1.71. The molecular formula is C12H16N2O2. The lowest BCUT2D eigenvalue weighted by Gasteiger charge is -2.02. The first-order valence-electron chi connectivity index (χ1n) is 5.51. The molecule has 0 atom stereocenters. The maximum atomic E-state index is 11.4. The van der Waals surface area contributed by atoms with Crippen molar-refractivity contribution in [1.82, 2.24) is 4.57 Å². The summed E-state index contributed by atoms with van der Waals surface area (Å²) in [6, 6.07) is 3.87. The molecule has 0 saturated heterocycles. The largest absolute Gasteiger partial charge is 0.419 e. The van der Waals surface area contributed by atoms with E-state index in [-0.39, 0.29) is 5.76 Å². The van der Waals surface area contributed by atoms with Crippen molar-refractivity contribution in [3.63, 3.8) is 0 Å². The summed E-state index contributed by atoms with van der Waals surface area (Å²) in [5.74, 6) is -0.366. The summed E-state index contributed by atoms with van der Waals surface area (Å²) in [5.41, 5.74) is 8.83. The SMILES string of the molecule is CCCCc1cc(N)c2oc(=O)n(C)c2c1. The smallest absolute Gasteiger partial charge is 0.405 e. The average Bonchev–Trinajstić information content (AvgIpc) is 2.54. The van der Waals surface area contributed by atoms with E-state index in [2.05, 4.69) is 6.92 Å². The minimum absolute atomic E-state index is 0.366. The molecule has 0 aliphatic carbocycles. The minimum Gasteiger partial charge on any atom is -0.405 e. The maximum Gasteiger partial charge on any atom is 0.419 e. The molecule has 2 N–H and O–H groups in total. The first-order chi connectivity index (χ1) is 7.63. The predicted molar refractivity (Wildman–Crippen MR) is 64.5 cm³/mol. The molecule has 0 saturated carbocycles. The van der Waals surface area contributed by atoms with Gasteiger partial charge in [0.1, 0.15) is 0 Å². The molecule has 4 heteroatoms. The number of hydrogen-bond donors (Lipinski definition) is 1. The van der Waals surface area contributed by atoms with Crippen molar-refractivity contribution in [3.8, 4) is 0 Å². The van der Waals surface area contributed by atoms with Gasteiger partial charge in [-0.3, -0.25) is 4.57 Å². The van der Waals surface area contributed by atoms with E-state index in [0.29, 0.717) is 11.3 Å². The molecule has 4 nitrogen and oxygen atoms in total. The number of hydrogen-bond acceptors (Lipinski definition) is 3. The van der Waals surface area contributed by atoms with E-state index in [4.69, 9.17) is 10.2 Å². The van der Waals surface area contributed by atoms with Crippen LogP contribution in [0, 0.1) is 0 Å². The minimum atomic E-state index is -0.366. The number of nitrogens with zero attached hydrogens (tertiary/aromatic N) is 1. The van der Waals surface area contributed by atoms with Gasteiger partial charge in [0.05, 0.1) is 11.2 Å². The van der Waals surface area contributed by atoms with Crippen LogP contribution in [0.4, 0.5) is 5.69 Å². The number of aromatic nitrogens is 1. The lowest BCUT2D eigenvalue weighted by atomic mass is 10.1. The van der Waals surface area contributed by atoms with Gasteiger partial charge in [0.15, 0.2) is 5.58 Å². The number of anilines is 1. The summed E-state index contributed by atoms with van der Waals surface area (Å²) in [6.07, 6.45) is 3.25. The first kappa shape index (κ1) is 10.8. The molecule has 0 unspecified atom stereocenters. The summed E-state index contributed by atoms with van der Waals surface area (Å²) >= 11 is 0. The van der Waals surface area contributed by atoms with Crippen LogP contribution in [0.3, 0.4) is 0 Å².